The first-order valence-corrected chi connectivity index (χ1v) is 16.9. The first-order chi connectivity index (χ1) is 21.2. The number of pyridine rings is 1. The Morgan fingerprint density at radius 2 is 1.75 bits per heavy atom. The van der Waals surface area contributed by atoms with E-state index in [1.165, 1.54) is 19.3 Å². The summed E-state index contributed by atoms with van der Waals surface area (Å²) in [5, 5.41) is 13.4. The average Bonchev–Trinajstić information content (AvgIpc) is 3.97. The zero-order valence-corrected chi connectivity index (χ0v) is 25.4. The SMILES string of the molecule is CC(NCC1CCC(CNc2cc(Nc3ccnc(-c4cnn(S(=O)(=O)C5CC5)c4)n3)nc(C3CC3)c2C=O)CC1)C(F)F. The standard InChI is InChI=1S/C30H38F2N8O3S/c1-18(29(31)32)34-13-19-2-4-20(5-3-19)14-35-25-12-27(38-28(21-6-7-21)24(25)17-41)37-26-10-11-33-30(39-26)22-15-36-40(16-22)44(42,43)23-8-9-23/h10-12,15-21,23,29,34H,2-9,13-14H2,1H3,(H2,33,35,37,38,39). The van der Waals surface area contributed by atoms with Crippen molar-refractivity contribution in [1.82, 2.24) is 29.5 Å². The second-order valence-corrected chi connectivity index (χ2v) is 14.4. The minimum Gasteiger partial charge on any atom is -0.384 e. The molecule has 14 heteroatoms. The third-order valence-electron chi connectivity index (χ3n) is 8.76. The number of carbonyl (C=O) groups is 1. The van der Waals surface area contributed by atoms with E-state index < -0.39 is 22.5 Å². The molecule has 6 rings (SSSR count). The highest BCUT2D eigenvalue weighted by Crippen LogP contribution is 2.43. The molecular formula is C30H38F2N8O3S. The van der Waals surface area contributed by atoms with Crippen LogP contribution in [0.5, 0.6) is 0 Å². The summed E-state index contributed by atoms with van der Waals surface area (Å²) in [6.45, 7) is 2.83. The number of carbonyl (C=O) groups excluding carboxylic acids is 1. The highest BCUT2D eigenvalue weighted by molar-refractivity contribution is 7.90. The first kappa shape index (κ1) is 30.5. The molecule has 3 saturated carbocycles. The Balaban J connectivity index is 1.13. The maximum absolute atomic E-state index is 12.8. The van der Waals surface area contributed by atoms with Crippen LogP contribution in [-0.4, -0.2) is 69.6 Å². The number of hydrogen-bond acceptors (Lipinski definition) is 10. The summed E-state index contributed by atoms with van der Waals surface area (Å²) in [5.74, 6) is 2.38. The lowest BCUT2D eigenvalue weighted by molar-refractivity contribution is 0.102. The van der Waals surface area contributed by atoms with Gasteiger partial charge in [-0.3, -0.25) is 4.79 Å². The molecule has 236 valence electrons. The van der Waals surface area contributed by atoms with Crippen LogP contribution in [0.25, 0.3) is 11.4 Å². The smallest absolute Gasteiger partial charge is 0.256 e. The van der Waals surface area contributed by atoms with Gasteiger partial charge >= 0.3 is 0 Å². The summed E-state index contributed by atoms with van der Waals surface area (Å²) in [4.78, 5) is 25.9. The van der Waals surface area contributed by atoms with Gasteiger partial charge in [-0.05, 0) is 82.7 Å². The number of nitrogens with zero attached hydrogens (tertiary/aromatic N) is 5. The van der Waals surface area contributed by atoms with E-state index in [2.05, 4.69) is 31.0 Å². The highest BCUT2D eigenvalue weighted by Gasteiger charge is 2.38. The number of anilines is 3. The molecule has 0 radical (unpaired) electrons. The molecule has 11 nitrogen and oxygen atoms in total. The summed E-state index contributed by atoms with van der Waals surface area (Å²) >= 11 is 0. The molecule has 3 heterocycles. The summed E-state index contributed by atoms with van der Waals surface area (Å²) in [6, 6.07) is 2.72. The Kier molecular flexibility index (Phi) is 8.90. The molecule has 0 spiro atoms. The van der Waals surface area contributed by atoms with Gasteiger partial charge in [-0.1, -0.05) is 0 Å². The van der Waals surface area contributed by atoms with Crippen molar-refractivity contribution >= 4 is 33.6 Å². The van der Waals surface area contributed by atoms with Gasteiger partial charge in [-0.2, -0.15) is 9.19 Å². The number of halogens is 2. The molecule has 3 aromatic heterocycles. The van der Waals surface area contributed by atoms with E-state index in [0.29, 0.717) is 66.4 Å². The van der Waals surface area contributed by atoms with Crippen LogP contribution < -0.4 is 16.0 Å². The van der Waals surface area contributed by atoms with Crippen molar-refractivity contribution in [1.29, 1.82) is 0 Å². The maximum Gasteiger partial charge on any atom is 0.256 e. The predicted molar refractivity (Wildman–Crippen MR) is 163 cm³/mol. The number of aromatic nitrogens is 5. The molecule has 3 aliphatic carbocycles. The molecule has 0 amide bonds. The molecule has 0 aliphatic heterocycles. The molecule has 0 saturated heterocycles. The van der Waals surface area contributed by atoms with Gasteiger partial charge in [0.05, 0.1) is 46.2 Å². The van der Waals surface area contributed by atoms with Crippen molar-refractivity contribution < 1.29 is 22.0 Å². The predicted octanol–water partition coefficient (Wildman–Crippen LogP) is 4.97. The van der Waals surface area contributed by atoms with Gasteiger partial charge in [0.1, 0.15) is 11.6 Å². The van der Waals surface area contributed by atoms with Crippen molar-refractivity contribution in [2.24, 2.45) is 11.8 Å². The minimum absolute atomic E-state index is 0.233. The van der Waals surface area contributed by atoms with Crippen LogP contribution in [0.4, 0.5) is 26.1 Å². The Hall–Kier alpha value is -3.52. The lowest BCUT2D eigenvalue weighted by Gasteiger charge is -2.30. The van der Waals surface area contributed by atoms with Crippen LogP contribution in [0.1, 0.15) is 80.3 Å². The van der Waals surface area contributed by atoms with Crippen LogP contribution in [0.2, 0.25) is 0 Å². The van der Waals surface area contributed by atoms with Gasteiger partial charge in [-0.25, -0.2) is 32.2 Å². The van der Waals surface area contributed by atoms with E-state index in [0.717, 1.165) is 60.3 Å². The van der Waals surface area contributed by atoms with E-state index in [-0.39, 0.29) is 11.2 Å². The molecule has 3 aromatic rings. The van der Waals surface area contributed by atoms with E-state index in [1.807, 2.05) is 6.07 Å². The average molecular weight is 629 g/mol. The fourth-order valence-electron chi connectivity index (χ4n) is 5.69. The van der Waals surface area contributed by atoms with Gasteiger partial charge in [0.2, 0.25) is 0 Å². The van der Waals surface area contributed by atoms with Crippen LogP contribution in [0, 0.1) is 11.8 Å². The fourth-order valence-corrected chi connectivity index (χ4v) is 7.17. The van der Waals surface area contributed by atoms with Crippen LogP contribution in [0.3, 0.4) is 0 Å². The number of nitrogens with one attached hydrogen (secondary N) is 3. The number of rotatable bonds is 14. The minimum atomic E-state index is -3.49. The highest BCUT2D eigenvalue weighted by atomic mass is 32.2. The zero-order valence-electron chi connectivity index (χ0n) is 24.6. The van der Waals surface area contributed by atoms with E-state index in [9.17, 15) is 22.0 Å². The van der Waals surface area contributed by atoms with Crippen molar-refractivity contribution in [3.63, 3.8) is 0 Å². The van der Waals surface area contributed by atoms with Crippen LogP contribution in [0.15, 0.2) is 30.7 Å². The third-order valence-corrected chi connectivity index (χ3v) is 10.8. The Labute approximate surface area is 255 Å². The van der Waals surface area contributed by atoms with E-state index in [4.69, 9.17) is 4.98 Å². The Morgan fingerprint density at radius 3 is 2.41 bits per heavy atom. The first-order valence-electron chi connectivity index (χ1n) is 15.4. The second kappa shape index (κ2) is 12.8. The molecular weight excluding hydrogens is 590 g/mol. The lowest BCUT2D eigenvalue weighted by atomic mass is 9.82. The molecule has 3 fully saturated rings. The van der Waals surface area contributed by atoms with E-state index >= 15 is 0 Å². The van der Waals surface area contributed by atoms with Crippen LogP contribution in [-0.2, 0) is 10.0 Å². The van der Waals surface area contributed by atoms with Gasteiger partial charge in [-0.15, -0.1) is 0 Å². The van der Waals surface area contributed by atoms with Crippen molar-refractivity contribution in [3.05, 3.63) is 42.0 Å². The summed E-state index contributed by atoms with van der Waals surface area (Å²) in [5.41, 5.74) is 2.54. The molecule has 1 unspecified atom stereocenters. The topological polar surface area (TPSA) is 144 Å². The third kappa shape index (κ3) is 7.06. The summed E-state index contributed by atoms with van der Waals surface area (Å²) < 4.78 is 51.7. The maximum atomic E-state index is 12.8. The van der Waals surface area contributed by atoms with E-state index in [1.54, 1.807) is 12.3 Å². The molecule has 1 atom stereocenters. The van der Waals surface area contributed by atoms with Gasteiger partial charge in [0.25, 0.3) is 16.4 Å². The van der Waals surface area contributed by atoms with Crippen LogP contribution >= 0.6 is 0 Å². The number of aldehydes is 1. The number of alkyl halides is 2. The van der Waals surface area contributed by atoms with Crippen molar-refractivity contribution in [2.45, 2.75) is 81.9 Å². The molecule has 0 aromatic carbocycles. The Morgan fingerprint density at radius 1 is 1.02 bits per heavy atom. The number of hydrogen-bond donors (Lipinski definition) is 3. The van der Waals surface area contributed by atoms with Gasteiger partial charge in [0, 0.05) is 24.7 Å². The molecule has 3 N–H and O–H groups in total. The lowest BCUT2D eigenvalue weighted by Crippen LogP contribution is -2.37. The monoisotopic (exact) mass is 628 g/mol. The fraction of sp³-hybridized carbons (Fsp3) is 0.567. The largest absolute Gasteiger partial charge is 0.384 e. The van der Waals surface area contributed by atoms with Gasteiger partial charge < -0.3 is 16.0 Å². The second-order valence-electron chi connectivity index (χ2n) is 12.3. The summed E-state index contributed by atoms with van der Waals surface area (Å²) in [7, 11) is -3.49. The molecule has 3 aliphatic rings. The molecule has 0 bridgehead atoms. The van der Waals surface area contributed by atoms with Crippen molar-refractivity contribution in [2.75, 3.05) is 23.7 Å². The quantitative estimate of drug-likeness (QED) is 0.209. The van der Waals surface area contributed by atoms with Gasteiger partial charge in [0.15, 0.2) is 12.1 Å². The molecule has 44 heavy (non-hydrogen) atoms. The zero-order chi connectivity index (χ0) is 30.8. The Bertz CT molecular complexity index is 1580. The van der Waals surface area contributed by atoms with Crippen molar-refractivity contribution in [3.8, 4) is 11.4 Å². The normalized spacial score (nSPS) is 21.3. The summed E-state index contributed by atoms with van der Waals surface area (Å²) in [6.07, 6.45) is 10.2.